The molecule has 1 nitrogen and oxygen atoms in total. The number of hydrogen-bond acceptors (Lipinski definition) is 1. The molecular formula is C10H18FN. The van der Waals surface area contributed by atoms with Gasteiger partial charge in [0.05, 0.1) is 7.18 Å². The topological polar surface area (TPSA) is 12.9 Å². The number of alkyl halides is 1. The van der Waals surface area contributed by atoms with Crippen molar-refractivity contribution in [3.63, 3.8) is 0 Å². The van der Waals surface area contributed by atoms with Gasteiger partial charge in [0.1, 0.15) is 0 Å². The van der Waals surface area contributed by atoms with Crippen LogP contribution in [0.5, 0.6) is 0 Å². The van der Waals surface area contributed by atoms with Crippen LogP contribution in [0.1, 0.15) is 26.5 Å². The molecule has 1 aromatic heterocycles. The third-order valence-electron chi connectivity index (χ3n) is 1.09. The van der Waals surface area contributed by atoms with E-state index in [0.717, 1.165) is 12.1 Å². The Hall–Kier alpha value is -0.920. The Labute approximate surface area is 74.7 Å². The molecule has 0 atom stereocenters. The first-order valence-electron chi connectivity index (χ1n) is 4.21. The number of aryl methyl sites for hydroxylation is 1. The molecule has 0 unspecified atom stereocenters. The van der Waals surface area contributed by atoms with E-state index in [1.807, 2.05) is 38.2 Å². The van der Waals surface area contributed by atoms with Crippen LogP contribution in [0.15, 0.2) is 24.4 Å². The predicted octanol–water partition coefficient (Wildman–Crippen LogP) is 3.26. The first kappa shape index (κ1) is 13.7. The minimum Gasteiger partial charge on any atom is -0.261 e. The summed E-state index contributed by atoms with van der Waals surface area (Å²) in [6, 6.07) is 5.96. The van der Waals surface area contributed by atoms with Gasteiger partial charge >= 0.3 is 0 Å². The van der Waals surface area contributed by atoms with Gasteiger partial charge in [-0.3, -0.25) is 9.37 Å². The van der Waals surface area contributed by atoms with E-state index in [1.54, 1.807) is 0 Å². The highest BCUT2D eigenvalue weighted by molar-refractivity contribution is 5.02. The molecule has 0 saturated carbocycles. The third-order valence-corrected chi connectivity index (χ3v) is 1.09. The molecule has 1 aromatic rings. The molecule has 0 aliphatic rings. The minimum atomic E-state index is 0.500. The van der Waals surface area contributed by atoms with Crippen molar-refractivity contribution in [3.8, 4) is 0 Å². The van der Waals surface area contributed by atoms with Gasteiger partial charge in [-0.1, -0.05) is 26.8 Å². The number of hydrogen-bond donors (Lipinski definition) is 0. The molecule has 1 rings (SSSR count). The zero-order valence-electron chi connectivity index (χ0n) is 8.34. The quantitative estimate of drug-likeness (QED) is 0.632. The molecular weight excluding hydrogens is 153 g/mol. The Balaban J connectivity index is 0. The van der Waals surface area contributed by atoms with Gasteiger partial charge in [0.15, 0.2) is 0 Å². The van der Waals surface area contributed by atoms with Crippen molar-refractivity contribution in [2.24, 2.45) is 0 Å². The lowest BCUT2D eigenvalue weighted by atomic mass is 10.3. The molecule has 0 saturated heterocycles. The molecule has 0 aliphatic heterocycles. The fraction of sp³-hybridized carbons (Fsp3) is 0.500. The van der Waals surface area contributed by atoms with Gasteiger partial charge in [0, 0.05) is 11.9 Å². The van der Waals surface area contributed by atoms with E-state index in [2.05, 4.69) is 11.9 Å². The molecule has 0 aromatic carbocycles. The van der Waals surface area contributed by atoms with Crippen molar-refractivity contribution >= 4 is 0 Å². The standard InChI is InChI=1S/C7H9N.C2H6.CH3F/c1-2-7-5-3-4-6-8-7;2*1-2/h3-6H,2H2,1H3;1-2H3;1H3. The summed E-state index contributed by atoms with van der Waals surface area (Å²) in [5.41, 5.74) is 1.16. The van der Waals surface area contributed by atoms with Crippen LogP contribution in [0, 0.1) is 0 Å². The highest BCUT2D eigenvalue weighted by Gasteiger charge is 1.81. The maximum atomic E-state index is 9.50. The highest BCUT2D eigenvalue weighted by atomic mass is 19.1. The monoisotopic (exact) mass is 171 g/mol. The van der Waals surface area contributed by atoms with Gasteiger partial charge < -0.3 is 0 Å². The maximum Gasteiger partial charge on any atom is 0.0785 e. The van der Waals surface area contributed by atoms with E-state index in [-0.39, 0.29) is 0 Å². The lowest BCUT2D eigenvalue weighted by Crippen LogP contribution is -1.81. The Morgan fingerprint density at radius 2 is 1.83 bits per heavy atom. The predicted molar refractivity (Wildman–Crippen MR) is 52.0 cm³/mol. The Bertz CT molecular complexity index is 151. The van der Waals surface area contributed by atoms with Crippen molar-refractivity contribution in [2.75, 3.05) is 7.18 Å². The number of halogens is 1. The first-order chi connectivity index (χ1) is 5.93. The summed E-state index contributed by atoms with van der Waals surface area (Å²) in [5, 5.41) is 0. The molecule has 0 radical (unpaired) electrons. The number of pyridine rings is 1. The van der Waals surface area contributed by atoms with Crippen LogP contribution < -0.4 is 0 Å². The fourth-order valence-corrected chi connectivity index (χ4v) is 0.607. The van der Waals surface area contributed by atoms with Crippen LogP contribution in [0.3, 0.4) is 0 Å². The van der Waals surface area contributed by atoms with E-state index in [4.69, 9.17) is 0 Å². The summed E-state index contributed by atoms with van der Waals surface area (Å²) in [6.07, 6.45) is 2.85. The zero-order chi connectivity index (χ0) is 9.82. The lowest BCUT2D eigenvalue weighted by Gasteiger charge is -1.88. The van der Waals surface area contributed by atoms with Gasteiger partial charge in [-0.05, 0) is 18.6 Å². The Morgan fingerprint density at radius 3 is 2.08 bits per heavy atom. The van der Waals surface area contributed by atoms with Crippen molar-refractivity contribution in [3.05, 3.63) is 30.1 Å². The van der Waals surface area contributed by atoms with Gasteiger partial charge in [-0.25, -0.2) is 0 Å². The second-order valence-corrected chi connectivity index (χ2v) is 1.67. The molecule has 0 N–H and O–H groups in total. The van der Waals surface area contributed by atoms with Crippen molar-refractivity contribution in [1.29, 1.82) is 0 Å². The number of nitrogens with zero attached hydrogens (tertiary/aromatic N) is 1. The normalized spacial score (nSPS) is 7.08. The fourth-order valence-electron chi connectivity index (χ4n) is 0.607. The average Bonchev–Trinajstić information content (AvgIpc) is 2.25. The van der Waals surface area contributed by atoms with E-state index in [0.29, 0.717) is 7.18 Å². The number of aromatic nitrogens is 1. The molecule has 0 amide bonds. The van der Waals surface area contributed by atoms with Crippen LogP contribution in [0.4, 0.5) is 4.39 Å². The Kier molecular flexibility index (Phi) is 14.5. The molecule has 0 aliphatic carbocycles. The van der Waals surface area contributed by atoms with E-state index < -0.39 is 0 Å². The van der Waals surface area contributed by atoms with Gasteiger partial charge in [0.25, 0.3) is 0 Å². The van der Waals surface area contributed by atoms with Crippen molar-refractivity contribution in [2.45, 2.75) is 27.2 Å². The van der Waals surface area contributed by atoms with Crippen LogP contribution in [0.2, 0.25) is 0 Å². The SMILES string of the molecule is CC.CCc1ccccn1.CF. The summed E-state index contributed by atoms with van der Waals surface area (Å²) >= 11 is 0. The van der Waals surface area contributed by atoms with Crippen LogP contribution in [0.25, 0.3) is 0 Å². The minimum absolute atomic E-state index is 0.500. The average molecular weight is 171 g/mol. The molecule has 12 heavy (non-hydrogen) atoms. The van der Waals surface area contributed by atoms with Crippen molar-refractivity contribution in [1.82, 2.24) is 4.98 Å². The maximum absolute atomic E-state index is 9.50. The summed E-state index contributed by atoms with van der Waals surface area (Å²) < 4.78 is 9.50. The zero-order valence-corrected chi connectivity index (χ0v) is 8.34. The molecule has 0 bridgehead atoms. The van der Waals surface area contributed by atoms with Gasteiger partial charge in [0.2, 0.25) is 0 Å². The first-order valence-corrected chi connectivity index (χ1v) is 4.21. The largest absolute Gasteiger partial charge is 0.261 e. The van der Waals surface area contributed by atoms with E-state index in [9.17, 15) is 4.39 Å². The van der Waals surface area contributed by atoms with E-state index >= 15 is 0 Å². The number of rotatable bonds is 1. The summed E-state index contributed by atoms with van der Waals surface area (Å²) in [7, 11) is 0.500. The molecule has 0 fully saturated rings. The Morgan fingerprint density at radius 1 is 1.25 bits per heavy atom. The summed E-state index contributed by atoms with van der Waals surface area (Å²) in [5.74, 6) is 0. The van der Waals surface area contributed by atoms with Crippen molar-refractivity contribution < 1.29 is 4.39 Å². The lowest BCUT2D eigenvalue weighted by molar-refractivity contribution is 0.636. The second kappa shape index (κ2) is 12.7. The van der Waals surface area contributed by atoms with Gasteiger partial charge in [-0.15, -0.1) is 0 Å². The molecule has 0 spiro atoms. The molecule has 1 heterocycles. The highest BCUT2D eigenvalue weighted by Crippen LogP contribution is 1.91. The van der Waals surface area contributed by atoms with Crippen LogP contribution in [-0.2, 0) is 6.42 Å². The van der Waals surface area contributed by atoms with Crippen LogP contribution in [-0.4, -0.2) is 12.2 Å². The van der Waals surface area contributed by atoms with Crippen LogP contribution >= 0.6 is 0 Å². The summed E-state index contributed by atoms with van der Waals surface area (Å²) in [4.78, 5) is 4.10. The van der Waals surface area contributed by atoms with E-state index in [1.165, 1.54) is 0 Å². The third kappa shape index (κ3) is 7.19. The molecule has 2 heteroatoms. The smallest absolute Gasteiger partial charge is 0.0785 e. The summed E-state index contributed by atoms with van der Waals surface area (Å²) in [6.45, 7) is 6.10. The molecule has 70 valence electrons. The van der Waals surface area contributed by atoms with Gasteiger partial charge in [-0.2, -0.15) is 0 Å². The second-order valence-electron chi connectivity index (χ2n) is 1.67.